The van der Waals surface area contributed by atoms with Crippen LogP contribution in [0.25, 0.3) is 0 Å². The Morgan fingerprint density at radius 3 is 2.50 bits per heavy atom. The van der Waals surface area contributed by atoms with Crippen molar-refractivity contribution in [1.82, 2.24) is 4.98 Å². The number of hydrogen-bond acceptors (Lipinski definition) is 5. The standard InChI is InChI=1S/C21H21BrN4O3S/c1-13-11-15(5-9-18(13)22)23-19(27)10-6-16-12-30-21(25-16)26-20(28)24-14-3-7-17(29-2)8-4-14/h3-5,7-9,11-12H,6,10H2,1-2H3,(H,23,27)(H2,24,25,26,28). The van der Waals surface area contributed by atoms with Crippen LogP contribution in [0.3, 0.4) is 0 Å². The summed E-state index contributed by atoms with van der Waals surface area (Å²) in [4.78, 5) is 28.7. The molecule has 7 nitrogen and oxygen atoms in total. The van der Waals surface area contributed by atoms with Gasteiger partial charge in [0.2, 0.25) is 5.91 Å². The number of carbonyl (C=O) groups is 2. The number of benzene rings is 2. The third kappa shape index (κ3) is 6.30. The largest absolute Gasteiger partial charge is 0.497 e. The molecule has 0 aliphatic heterocycles. The highest BCUT2D eigenvalue weighted by atomic mass is 79.9. The molecule has 0 atom stereocenters. The number of aryl methyl sites for hydroxylation is 2. The van der Waals surface area contributed by atoms with E-state index in [1.165, 1.54) is 11.3 Å². The van der Waals surface area contributed by atoms with Crippen LogP contribution >= 0.6 is 27.3 Å². The Kier molecular flexibility index (Phi) is 7.42. The minimum absolute atomic E-state index is 0.0866. The van der Waals surface area contributed by atoms with Gasteiger partial charge in [0.05, 0.1) is 12.8 Å². The van der Waals surface area contributed by atoms with Crippen molar-refractivity contribution >= 4 is 55.7 Å². The van der Waals surface area contributed by atoms with Crippen LogP contribution in [0.1, 0.15) is 17.7 Å². The van der Waals surface area contributed by atoms with Gasteiger partial charge in [-0.15, -0.1) is 11.3 Å². The zero-order valence-corrected chi connectivity index (χ0v) is 18.9. The summed E-state index contributed by atoms with van der Waals surface area (Å²) in [5.74, 6) is 0.626. The second kappa shape index (κ2) is 10.2. The van der Waals surface area contributed by atoms with Gasteiger partial charge in [-0.3, -0.25) is 10.1 Å². The molecule has 1 heterocycles. The van der Waals surface area contributed by atoms with E-state index in [0.29, 0.717) is 29.4 Å². The molecule has 3 amide bonds. The van der Waals surface area contributed by atoms with Gasteiger partial charge in [0.1, 0.15) is 5.75 Å². The molecule has 156 valence electrons. The Morgan fingerprint density at radius 1 is 1.07 bits per heavy atom. The van der Waals surface area contributed by atoms with Gasteiger partial charge in [0.15, 0.2) is 5.13 Å². The smallest absolute Gasteiger partial charge is 0.325 e. The van der Waals surface area contributed by atoms with Gasteiger partial charge >= 0.3 is 6.03 Å². The quantitative estimate of drug-likeness (QED) is 0.412. The molecule has 0 aliphatic rings. The summed E-state index contributed by atoms with van der Waals surface area (Å²) in [5.41, 5.74) is 3.21. The monoisotopic (exact) mass is 488 g/mol. The summed E-state index contributed by atoms with van der Waals surface area (Å²) in [7, 11) is 1.58. The van der Waals surface area contributed by atoms with Crippen LogP contribution in [0.5, 0.6) is 5.75 Å². The minimum atomic E-state index is -0.385. The van der Waals surface area contributed by atoms with Gasteiger partial charge in [-0.25, -0.2) is 9.78 Å². The Balaban J connectivity index is 1.46. The van der Waals surface area contributed by atoms with Gasteiger partial charge in [0, 0.05) is 27.6 Å². The summed E-state index contributed by atoms with van der Waals surface area (Å²) >= 11 is 4.75. The molecule has 1 aromatic heterocycles. The molecule has 9 heteroatoms. The molecule has 3 N–H and O–H groups in total. The van der Waals surface area contributed by atoms with Crippen LogP contribution in [0.2, 0.25) is 0 Å². The van der Waals surface area contributed by atoms with Crippen LogP contribution in [0, 0.1) is 6.92 Å². The topological polar surface area (TPSA) is 92.3 Å². The second-order valence-corrected chi connectivity index (χ2v) is 8.18. The molecule has 0 spiro atoms. The number of methoxy groups -OCH3 is 1. The Morgan fingerprint density at radius 2 is 1.80 bits per heavy atom. The summed E-state index contributed by atoms with van der Waals surface area (Å²) in [5, 5.41) is 10.6. The number of urea groups is 1. The lowest BCUT2D eigenvalue weighted by atomic mass is 10.2. The number of nitrogens with zero attached hydrogens (tertiary/aromatic N) is 1. The van der Waals surface area contributed by atoms with Crippen molar-refractivity contribution in [2.45, 2.75) is 19.8 Å². The van der Waals surface area contributed by atoms with E-state index in [4.69, 9.17) is 4.74 Å². The number of thiazole rings is 1. The van der Waals surface area contributed by atoms with Crippen LogP contribution in [0.4, 0.5) is 21.3 Å². The number of nitrogens with one attached hydrogen (secondary N) is 3. The molecule has 0 aliphatic carbocycles. The van der Waals surface area contributed by atoms with E-state index in [9.17, 15) is 9.59 Å². The SMILES string of the molecule is COc1ccc(NC(=O)Nc2nc(CCC(=O)Nc3ccc(Br)c(C)c3)cs2)cc1. The van der Waals surface area contributed by atoms with E-state index in [1.54, 1.807) is 31.4 Å². The van der Waals surface area contributed by atoms with Crippen LogP contribution in [-0.4, -0.2) is 24.0 Å². The van der Waals surface area contributed by atoms with Crippen molar-refractivity contribution in [3.63, 3.8) is 0 Å². The van der Waals surface area contributed by atoms with Gasteiger partial charge in [0.25, 0.3) is 0 Å². The molecule has 0 unspecified atom stereocenters. The summed E-state index contributed by atoms with van der Waals surface area (Å²) < 4.78 is 6.09. The lowest BCUT2D eigenvalue weighted by Gasteiger charge is -2.07. The minimum Gasteiger partial charge on any atom is -0.497 e. The second-order valence-electron chi connectivity index (χ2n) is 6.46. The average molecular weight is 489 g/mol. The van der Waals surface area contributed by atoms with E-state index >= 15 is 0 Å². The normalized spacial score (nSPS) is 10.4. The molecule has 30 heavy (non-hydrogen) atoms. The third-order valence-electron chi connectivity index (χ3n) is 4.17. The van der Waals surface area contributed by atoms with E-state index in [-0.39, 0.29) is 11.9 Å². The van der Waals surface area contributed by atoms with Crippen LogP contribution in [0.15, 0.2) is 52.3 Å². The van der Waals surface area contributed by atoms with E-state index in [0.717, 1.165) is 21.4 Å². The predicted octanol–water partition coefficient (Wildman–Crippen LogP) is 5.44. The molecule has 0 bridgehead atoms. The number of rotatable bonds is 7. The van der Waals surface area contributed by atoms with Crippen molar-refractivity contribution in [1.29, 1.82) is 0 Å². The first-order chi connectivity index (χ1) is 14.4. The molecule has 0 radical (unpaired) electrons. The number of ether oxygens (including phenoxy) is 1. The van der Waals surface area contributed by atoms with Crippen LogP contribution < -0.4 is 20.7 Å². The number of hydrogen-bond donors (Lipinski definition) is 3. The number of aromatic nitrogens is 1. The van der Waals surface area contributed by atoms with Crippen LogP contribution in [-0.2, 0) is 11.2 Å². The fourth-order valence-corrected chi connectivity index (χ4v) is 3.59. The Hall–Kier alpha value is -2.91. The third-order valence-corrected chi connectivity index (χ3v) is 5.87. The lowest BCUT2D eigenvalue weighted by molar-refractivity contribution is -0.116. The zero-order chi connectivity index (χ0) is 21.5. The number of anilines is 3. The average Bonchev–Trinajstić information content (AvgIpc) is 3.17. The highest BCUT2D eigenvalue weighted by molar-refractivity contribution is 9.10. The maximum Gasteiger partial charge on any atom is 0.325 e. The molecule has 3 aromatic rings. The highest BCUT2D eigenvalue weighted by Crippen LogP contribution is 2.21. The summed E-state index contributed by atoms with van der Waals surface area (Å²) in [6.45, 7) is 1.97. The van der Waals surface area contributed by atoms with Crippen molar-refractivity contribution in [2.24, 2.45) is 0 Å². The van der Waals surface area contributed by atoms with Crippen molar-refractivity contribution in [2.75, 3.05) is 23.1 Å². The van der Waals surface area contributed by atoms with Crippen molar-refractivity contribution in [3.05, 3.63) is 63.6 Å². The van der Waals surface area contributed by atoms with Gasteiger partial charge < -0.3 is 15.4 Å². The molecule has 0 saturated carbocycles. The molecule has 0 saturated heterocycles. The van der Waals surface area contributed by atoms with E-state index < -0.39 is 0 Å². The molecule has 2 aromatic carbocycles. The predicted molar refractivity (Wildman–Crippen MR) is 124 cm³/mol. The molecular weight excluding hydrogens is 468 g/mol. The maximum atomic E-state index is 12.2. The fraction of sp³-hybridized carbons (Fsp3) is 0.190. The van der Waals surface area contributed by atoms with E-state index in [1.807, 2.05) is 30.5 Å². The maximum absolute atomic E-state index is 12.2. The van der Waals surface area contributed by atoms with Gasteiger partial charge in [-0.05, 0) is 61.4 Å². The number of carbonyl (C=O) groups excluding carboxylic acids is 2. The van der Waals surface area contributed by atoms with Gasteiger partial charge in [-0.2, -0.15) is 0 Å². The first-order valence-corrected chi connectivity index (χ1v) is 10.8. The zero-order valence-electron chi connectivity index (χ0n) is 16.5. The number of amides is 3. The summed E-state index contributed by atoms with van der Waals surface area (Å²) in [6.07, 6.45) is 0.788. The molecule has 0 fully saturated rings. The molecular formula is C21H21BrN4O3S. The fourth-order valence-electron chi connectivity index (χ4n) is 2.60. The van der Waals surface area contributed by atoms with Crippen molar-refractivity contribution < 1.29 is 14.3 Å². The van der Waals surface area contributed by atoms with E-state index in [2.05, 4.69) is 36.9 Å². The summed E-state index contributed by atoms with van der Waals surface area (Å²) in [6, 6.07) is 12.3. The van der Waals surface area contributed by atoms with Gasteiger partial charge in [-0.1, -0.05) is 15.9 Å². The Labute approximate surface area is 187 Å². The molecule has 3 rings (SSSR count). The first-order valence-electron chi connectivity index (χ1n) is 9.15. The lowest BCUT2D eigenvalue weighted by Crippen LogP contribution is -2.19. The first kappa shape index (κ1) is 21.8. The highest BCUT2D eigenvalue weighted by Gasteiger charge is 2.10. The Bertz CT molecular complexity index is 1040. The number of halogens is 1. The van der Waals surface area contributed by atoms with Crippen molar-refractivity contribution in [3.8, 4) is 5.75 Å².